The van der Waals surface area contributed by atoms with Gasteiger partial charge in [0.1, 0.15) is 11.6 Å². The summed E-state index contributed by atoms with van der Waals surface area (Å²) in [6.07, 6.45) is 1.75. The van der Waals surface area contributed by atoms with Crippen molar-refractivity contribution in [1.82, 2.24) is 24.1 Å². The van der Waals surface area contributed by atoms with Gasteiger partial charge in [-0.15, -0.1) is 0 Å². The van der Waals surface area contributed by atoms with E-state index < -0.39 is 0 Å². The van der Waals surface area contributed by atoms with Crippen molar-refractivity contribution < 1.29 is 9.47 Å². The summed E-state index contributed by atoms with van der Waals surface area (Å²) >= 11 is 1.26. The maximum atomic E-state index is 5.32. The van der Waals surface area contributed by atoms with E-state index in [0.29, 0.717) is 18.2 Å². The molecule has 116 valence electrons. The van der Waals surface area contributed by atoms with E-state index in [1.54, 1.807) is 25.1 Å². The zero-order valence-corrected chi connectivity index (χ0v) is 13.6. The van der Waals surface area contributed by atoms with Crippen LogP contribution in [0.25, 0.3) is 11.0 Å². The standard InChI is InChI=1S/C13H16N6O2S/c1-7-16-10(8-6-15-19(2)11(8)17-7)14-5-9-12(20-3)18-22-13(9)21-4/h6H,5H2,1-4H3,(H,14,16,17). The van der Waals surface area contributed by atoms with E-state index in [2.05, 4.69) is 24.8 Å². The minimum atomic E-state index is 0.489. The van der Waals surface area contributed by atoms with E-state index in [-0.39, 0.29) is 0 Å². The molecule has 3 rings (SSSR count). The highest BCUT2D eigenvalue weighted by Crippen LogP contribution is 2.33. The number of aryl methyl sites for hydroxylation is 2. The highest BCUT2D eigenvalue weighted by molar-refractivity contribution is 7.08. The van der Waals surface area contributed by atoms with Crippen LogP contribution in [0.1, 0.15) is 11.4 Å². The van der Waals surface area contributed by atoms with Crippen molar-refractivity contribution in [2.45, 2.75) is 13.5 Å². The Balaban J connectivity index is 1.93. The van der Waals surface area contributed by atoms with Crippen molar-refractivity contribution in [2.75, 3.05) is 19.5 Å². The molecule has 0 radical (unpaired) electrons. The highest BCUT2D eigenvalue weighted by Gasteiger charge is 2.16. The molecule has 3 heterocycles. The molecular formula is C13H16N6O2S. The molecule has 0 aliphatic carbocycles. The topological polar surface area (TPSA) is 87.0 Å². The van der Waals surface area contributed by atoms with Gasteiger partial charge >= 0.3 is 0 Å². The monoisotopic (exact) mass is 320 g/mol. The van der Waals surface area contributed by atoms with Crippen LogP contribution in [0.5, 0.6) is 10.9 Å². The van der Waals surface area contributed by atoms with Gasteiger partial charge in [0.2, 0.25) is 10.9 Å². The van der Waals surface area contributed by atoms with Crippen molar-refractivity contribution in [3.8, 4) is 10.9 Å². The smallest absolute Gasteiger partial charge is 0.233 e. The average Bonchev–Trinajstić information content (AvgIpc) is 3.08. The molecule has 0 unspecified atom stereocenters. The summed E-state index contributed by atoms with van der Waals surface area (Å²) < 4.78 is 16.5. The van der Waals surface area contributed by atoms with Crippen LogP contribution in [0.15, 0.2) is 6.20 Å². The molecule has 0 spiro atoms. The molecule has 8 nitrogen and oxygen atoms in total. The summed E-state index contributed by atoms with van der Waals surface area (Å²) in [5.74, 6) is 1.97. The number of hydrogen-bond acceptors (Lipinski definition) is 8. The largest absolute Gasteiger partial charge is 0.486 e. The van der Waals surface area contributed by atoms with Crippen LogP contribution in [-0.4, -0.2) is 38.3 Å². The van der Waals surface area contributed by atoms with E-state index in [1.165, 1.54) is 11.5 Å². The zero-order valence-electron chi connectivity index (χ0n) is 12.7. The number of aromatic nitrogens is 5. The van der Waals surface area contributed by atoms with E-state index in [1.807, 2.05) is 14.0 Å². The van der Waals surface area contributed by atoms with Gasteiger partial charge in [-0.1, -0.05) is 0 Å². The SMILES string of the molecule is COc1nsc(OC)c1CNc1nc(C)nc2c1cnn2C. The van der Waals surface area contributed by atoms with Crippen LogP contribution in [0.3, 0.4) is 0 Å². The Bertz CT molecular complexity index is 791. The minimum absolute atomic E-state index is 0.489. The van der Waals surface area contributed by atoms with Crippen molar-refractivity contribution >= 4 is 28.4 Å². The third-order valence-electron chi connectivity index (χ3n) is 3.23. The molecule has 0 aliphatic heterocycles. The van der Waals surface area contributed by atoms with E-state index in [9.17, 15) is 0 Å². The molecule has 0 saturated heterocycles. The highest BCUT2D eigenvalue weighted by atomic mass is 32.1. The van der Waals surface area contributed by atoms with Gasteiger partial charge in [0.25, 0.3) is 0 Å². The molecular weight excluding hydrogens is 304 g/mol. The fourth-order valence-corrected chi connectivity index (χ4v) is 2.88. The fourth-order valence-electron chi connectivity index (χ4n) is 2.19. The second-order valence-electron chi connectivity index (χ2n) is 4.64. The van der Waals surface area contributed by atoms with Crippen LogP contribution in [-0.2, 0) is 13.6 Å². The molecule has 9 heteroatoms. The molecule has 0 amide bonds. The van der Waals surface area contributed by atoms with Crippen molar-refractivity contribution in [1.29, 1.82) is 0 Å². The molecule has 0 saturated carbocycles. The first-order chi connectivity index (χ1) is 10.6. The minimum Gasteiger partial charge on any atom is -0.486 e. The molecule has 0 aliphatic rings. The summed E-state index contributed by atoms with van der Waals surface area (Å²) in [7, 11) is 5.06. The number of rotatable bonds is 5. The third-order valence-corrected chi connectivity index (χ3v) is 4.07. The molecule has 0 aromatic carbocycles. The maximum absolute atomic E-state index is 5.32. The van der Waals surface area contributed by atoms with Crippen LogP contribution < -0.4 is 14.8 Å². The van der Waals surface area contributed by atoms with Crippen molar-refractivity contribution in [3.05, 3.63) is 17.6 Å². The number of nitrogens with one attached hydrogen (secondary N) is 1. The third kappa shape index (κ3) is 2.43. The molecule has 0 atom stereocenters. The summed E-state index contributed by atoms with van der Waals surface area (Å²) in [6.45, 7) is 2.34. The number of anilines is 1. The molecule has 0 fully saturated rings. The van der Waals surface area contributed by atoms with Crippen LogP contribution in [0.2, 0.25) is 0 Å². The first-order valence-electron chi connectivity index (χ1n) is 6.60. The fraction of sp³-hybridized carbons (Fsp3) is 0.385. The van der Waals surface area contributed by atoms with Gasteiger partial charge in [0.15, 0.2) is 5.65 Å². The van der Waals surface area contributed by atoms with E-state index in [0.717, 1.165) is 27.5 Å². The van der Waals surface area contributed by atoms with Gasteiger partial charge in [0.05, 0.1) is 37.9 Å². The normalized spacial score (nSPS) is 10.9. The average molecular weight is 320 g/mol. The Labute approximate surface area is 131 Å². The Morgan fingerprint density at radius 3 is 2.82 bits per heavy atom. The van der Waals surface area contributed by atoms with Gasteiger partial charge in [-0.05, 0) is 6.92 Å². The van der Waals surface area contributed by atoms with E-state index in [4.69, 9.17) is 9.47 Å². The number of ether oxygens (including phenoxy) is 2. The van der Waals surface area contributed by atoms with Crippen LogP contribution >= 0.6 is 11.5 Å². The van der Waals surface area contributed by atoms with Crippen molar-refractivity contribution in [2.24, 2.45) is 7.05 Å². The summed E-state index contributed by atoms with van der Waals surface area (Å²) in [5, 5.41) is 9.11. The Hall–Kier alpha value is -2.42. The summed E-state index contributed by atoms with van der Waals surface area (Å²) in [5.41, 5.74) is 1.65. The lowest BCUT2D eigenvalue weighted by molar-refractivity contribution is 0.389. The van der Waals surface area contributed by atoms with E-state index >= 15 is 0 Å². The molecule has 1 N–H and O–H groups in total. The molecule has 3 aromatic rings. The van der Waals surface area contributed by atoms with Gasteiger partial charge in [-0.2, -0.15) is 9.47 Å². The lowest BCUT2D eigenvalue weighted by Gasteiger charge is -2.09. The van der Waals surface area contributed by atoms with Gasteiger partial charge in [-0.3, -0.25) is 4.68 Å². The Morgan fingerprint density at radius 2 is 2.09 bits per heavy atom. The van der Waals surface area contributed by atoms with Crippen LogP contribution in [0, 0.1) is 6.92 Å². The zero-order chi connectivity index (χ0) is 15.7. The quantitative estimate of drug-likeness (QED) is 0.766. The molecule has 3 aromatic heterocycles. The summed E-state index contributed by atoms with van der Waals surface area (Å²) in [6, 6.07) is 0. The maximum Gasteiger partial charge on any atom is 0.233 e. The predicted octanol–water partition coefficient (Wildman–Crippen LogP) is 1.76. The van der Waals surface area contributed by atoms with Gasteiger partial charge in [-0.25, -0.2) is 9.97 Å². The summed E-state index contributed by atoms with van der Waals surface area (Å²) in [4.78, 5) is 8.85. The number of hydrogen-bond donors (Lipinski definition) is 1. The number of methoxy groups -OCH3 is 2. The number of nitrogens with zero attached hydrogens (tertiary/aromatic N) is 5. The predicted molar refractivity (Wildman–Crippen MR) is 83.6 cm³/mol. The molecule has 22 heavy (non-hydrogen) atoms. The number of fused-ring (bicyclic) bond motifs is 1. The first kappa shape index (κ1) is 14.5. The second kappa shape index (κ2) is 5.76. The Kier molecular flexibility index (Phi) is 3.80. The second-order valence-corrected chi connectivity index (χ2v) is 5.38. The van der Waals surface area contributed by atoms with Crippen LogP contribution in [0.4, 0.5) is 5.82 Å². The lowest BCUT2D eigenvalue weighted by atomic mass is 10.3. The van der Waals surface area contributed by atoms with Gasteiger partial charge < -0.3 is 14.8 Å². The first-order valence-corrected chi connectivity index (χ1v) is 7.38. The lowest BCUT2D eigenvalue weighted by Crippen LogP contribution is -2.06. The van der Waals surface area contributed by atoms with Crippen molar-refractivity contribution in [3.63, 3.8) is 0 Å². The Morgan fingerprint density at radius 1 is 1.27 bits per heavy atom. The molecule has 0 bridgehead atoms. The van der Waals surface area contributed by atoms with Gasteiger partial charge in [0, 0.05) is 18.6 Å².